The maximum Gasteiger partial charge on any atom is 0.341 e. The van der Waals surface area contributed by atoms with Crippen LogP contribution in [0.3, 0.4) is 0 Å². The number of furan rings is 1. The highest BCUT2D eigenvalue weighted by atomic mass is 32.2. The van der Waals surface area contributed by atoms with Crippen molar-refractivity contribution < 1.29 is 8.97 Å². The molecule has 0 aliphatic heterocycles. The van der Waals surface area contributed by atoms with Gasteiger partial charge in [0.25, 0.3) is 5.82 Å². The highest BCUT2D eigenvalue weighted by Crippen LogP contribution is 2.13. The Kier molecular flexibility index (Phi) is 3.85. The van der Waals surface area contributed by atoms with E-state index in [0.717, 1.165) is 5.56 Å². The normalized spacial score (nSPS) is 11.6. The number of nitrogens with one attached hydrogen (secondary N) is 1. The van der Waals surface area contributed by atoms with Crippen molar-refractivity contribution in [3.8, 4) is 0 Å². The van der Waals surface area contributed by atoms with Gasteiger partial charge in [0, 0.05) is 4.37 Å². The summed E-state index contributed by atoms with van der Waals surface area (Å²) in [5.74, 6) is 0.776. The Morgan fingerprint density at radius 1 is 1.24 bits per heavy atom. The number of hydrogen-bond donors (Lipinski definition) is 1. The molecule has 0 saturated heterocycles. The van der Waals surface area contributed by atoms with E-state index < -0.39 is 11.1 Å². The minimum Gasteiger partial charge on any atom is -0.548 e. The zero-order chi connectivity index (χ0) is 14.7. The Morgan fingerprint density at radius 2 is 2.05 bits per heavy atom. The molecule has 0 amide bonds. The Morgan fingerprint density at radius 3 is 2.76 bits per heavy atom. The van der Waals surface area contributed by atoms with Gasteiger partial charge in [0.15, 0.2) is 11.1 Å². The van der Waals surface area contributed by atoms with Crippen molar-refractivity contribution in [2.45, 2.75) is 13.1 Å². The largest absolute Gasteiger partial charge is 0.548 e. The first-order chi connectivity index (χ1) is 10.2. The number of aromatic nitrogens is 2. The van der Waals surface area contributed by atoms with Gasteiger partial charge in [-0.1, -0.05) is 30.3 Å². The number of rotatable bonds is 5. The molecule has 3 aromatic rings. The Balaban J connectivity index is 1.78. The topological polar surface area (TPSA) is 83.1 Å². The second kappa shape index (κ2) is 5.94. The molecule has 21 heavy (non-hydrogen) atoms. The van der Waals surface area contributed by atoms with Gasteiger partial charge in [-0.3, -0.25) is 4.79 Å². The smallest absolute Gasteiger partial charge is 0.341 e. The van der Waals surface area contributed by atoms with Gasteiger partial charge >= 0.3 is 5.56 Å². The lowest BCUT2D eigenvalue weighted by atomic mass is 10.2. The second-order valence-corrected chi connectivity index (χ2v) is 5.52. The quantitative estimate of drug-likeness (QED) is 0.731. The minimum absolute atomic E-state index is 0.0978. The highest BCUT2D eigenvalue weighted by Gasteiger charge is 2.18. The van der Waals surface area contributed by atoms with Gasteiger partial charge in [0.1, 0.15) is 12.3 Å². The Labute approximate surface area is 123 Å². The minimum atomic E-state index is -1.69. The van der Waals surface area contributed by atoms with Crippen molar-refractivity contribution in [1.29, 1.82) is 0 Å². The molecule has 0 aliphatic rings. The van der Waals surface area contributed by atoms with E-state index in [1.54, 1.807) is 18.4 Å². The third-order valence-electron chi connectivity index (χ3n) is 2.97. The number of anilines is 1. The van der Waals surface area contributed by atoms with E-state index >= 15 is 0 Å². The first-order valence-electron chi connectivity index (χ1n) is 6.37. The van der Waals surface area contributed by atoms with E-state index in [2.05, 4.69) is 9.69 Å². The predicted molar refractivity (Wildman–Crippen MR) is 78.7 cm³/mol. The average Bonchev–Trinajstić information content (AvgIpc) is 3.10. The summed E-state index contributed by atoms with van der Waals surface area (Å²) < 4.78 is 22.2. The molecule has 108 valence electrons. The number of benzene rings is 1. The third kappa shape index (κ3) is 3.04. The molecular formula is C14H13N3O3S. The summed E-state index contributed by atoms with van der Waals surface area (Å²) in [4.78, 5) is 12.2. The number of nitrogens with zero attached hydrogens (tertiary/aromatic N) is 2. The summed E-state index contributed by atoms with van der Waals surface area (Å²) in [5.41, 5.74) is 0.533. The van der Waals surface area contributed by atoms with Crippen LogP contribution in [0, 0.1) is 0 Å². The van der Waals surface area contributed by atoms with Crippen molar-refractivity contribution in [2.75, 3.05) is 5.32 Å². The molecule has 0 spiro atoms. The zero-order valence-corrected chi connectivity index (χ0v) is 11.9. The molecule has 2 aromatic heterocycles. The summed E-state index contributed by atoms with van der Waals surface area (Å²) in [6, 6.07) is 12.9. The van der Waals surface area contributed by atoms with Gasteiger partial charge in [0.05, 0.1) is 12.8 Å². The standard InChI is InChI=1S/C14H13N3O3S/c18-14-13(15-9-12-7-4-8-20-12)16-21(19)17(14)10-11-5-2-1-3-6-11/h1-8H,9-10H2,(H,15,16). The van der Waals surface area contributed by atoms with E-state index in [9.17, 15) is 9.35 Å². The molecule has 1 unspecified atom stereocenters. The van der Waals surface area contributed by atoms with Gasteiger partial charge in [-0.15, -0.1) is 3.96 Å². The monoisotopic (exact) mass is 303 g/mol. The molecule has 0 bridgehead atoms. The molecule has 0 aliphatic carbocycles. The van der Waals surface area contributed by atoms with Crippen LogP contribution < -0.4 is 10.9 Å². The lowest BCUT2D eigenvalue weighted by molar-refractivity contribution is 0.517. The van der Waals surface area contributed by atoms with Gasteiger partial charge < -0.3 is 14.3 Å². The van der Waals surface area contributed by atoms with E-state index in [1.165, 1.54) is 3.96 Å². The van der Waals surface area contributed by atoms with Crippen LogP contribution in [0.4, 0.5) is 5.82 Å². The molecule has 6 nitrogen and oxygen atoms in total. The van der Waals surface area contributed by atoms with E-state index in [1.807, 2.05) is 30.3 Å². The molecule has 1 aromatic carbocycles. The first kappa shape index (κ1) is 13.6. The summed E-state index contributed by atoms with van der Waals surface area (Å²) in [6.45, 7) is 0.593. The molecule has 1 atom stereocenters. The predicted octanol–water partition coefficient (Wildman–Crippen LogP) is 2.22. The van der Waals surface area contributed by atoms with E-state index in [-0.39, 0.29) is 17.9 Å². The molecular weight excluding hydrogens is 290 g/mol. The molecule has 0 saturated carbocycles. The molecule has 1 N–H and O–H groups in total. The molecule has 7 heteroatoms. The summed E-state index contributed by atoms with van der Waals surface area (Å²) in [7, 11) is 0. The lowest BCUT2D eigenvalue weighted by Gasteiger charge is -1.98. The Hall–Kier alpha value is -2.38. The van der Waals surface area contributed by atoms with Crippen molar-refractivity contribution in [2.24, 2.45) is 0 Å². The van der Waals surface area contributed by atoms with Crippen LogP contribution in [-0.4, -0.2) is 12.9 Å². The fraction of sp³-hybridized carbons (Fsp3) is 0.143. The summed E-state index contributed by atoms with van der Waals surface area (Å²) >= 11 is -1.69. The number of hydrogen-bond acceptors (Lipinski definition) is 5. The van der Waals surface area contributed by atoms with Crippen molar-refractivity contribution >= 4 is 17.0 Å². The zero-order valence-electron chi connectivity index (χ0n) is 11.1. The summed E-state index contributed by atoms with van der Waals surface area (Å²) in [5, 5.41) is 2.85. The van der Waals surface area contributed by atoms with Crippen LogP contribution >= 0.6 is 11.1 Å². The van der Waals surface area contributed by atoms with Gasteiger partial charge in [-0.05, 0) is 17.7 Å². The molecule has 0 radical (unpaired) electrons. The third-order valence-corrected chi connectivity index (χ3v) is 3.98. The maximum atomic E-state index is 12.2. The van der Waals surface area contributed by atoms with Crippen molar-refractivity contribution in [3.05, 3.63) is 70.4 Å². The van der Waals surface area contributed by atoms with Crippen LogP contribution in [0.25, 0.3) is 0 Å². The SMILES string of the molecule is O=c1c(NCc2ccco2)n[s+]([O-])n1Cc1ccccc1. The van der Waals surface area contributed by atoms with Crippen LogP contribution in [0.15, 0.2) is 57.9 Å². The van der Waals surface area contributed by atoms with Gasteiger partial charge in [-0.2, -0.15) is 0 Å². The lowest BCUT2D eigenvalue weighted by Crippen LogP contribution is -2.18. The van der Waals surface area contributed by atoms with Gasteiger partial charge in [0.2, 0.25) is 0 Å². The van der Waals surface area contributed by atoms with Crippen LogP contribution in [0.2, 0.25) is 0 Å². The Bertz CT molecular complexity index is 763. The average molecular weight is 303 g/mol. The van der Waals surface area contributed by atoms with Crippen molar-refractivity contribution in [3.63, 3.8) is 0 Å². The molecule has 2 heterocycles. The van der Waals surface area contributed by atoms with Crippen LogP contribution in [0.5, 0.6) is 0 Å². The van der Waals surface area contributed by atoms with E-state index in [4.69, 9.17) is 4.42 Å². The van der Waals surface area contributed by atoms with Crippen molar-refractivity contribution in [1.82, 2.24) is 8.33 Å². The first-order valence-corrected chi connectivity index (χ1v) is 7.43. The fourth-order valence-electron chi connectivity index (χ4n) is 1.92. The summed E-state index contributed by atoms with van der Waals surface area (Å²) in [6.07, 6.45) is 1.55. The second-order valence-electron chi connectivity index (χ2n) is 4.43. The molecule has 0 fully saturated rings. The maximum absolute atomic E-state index is 12.2. The van der Waals surface area contributed by atoms with Crippen LogP contribution in [0.1, 0.15) is 11.3 Å². The van der Waals surface area contributed by atoms with Crippen LogP contribution in [-0.2, 0) is 13.1 Å². The van der Waals surface area contributed by atoms with Gasteiger partial charge in [-0.25, -0.2) is 0 Å². The fourth-order valence-corrected chi connectivity index (χ4v) is 2.81. The molecule has 3 rings (SSSR count). The highest BCUT2D eigenvalue weighted by molar-refractivity contribution is 7.14. The van der Waals surface area contributed by atoms with E-state index in [0.29, 0.717) is 12.3 Å².